The van der Waals surface area contributed by atoms with Crippen molar-refractivity contribution in [3.05, 3.63) is 34.7 Å². The maximum Gasteiger partial charge on any atom is 0.337 e. The molecule has 2 aromatic rings. The van der Waals surface area contributed by atoms with Crippen LogP contribution in [0.2, 0.25) is 0 Å². The van der Waals surface area contributed by atoms with Gasteiger partial charge in [-0.2, -0.15) is 0 Å². The summed E-state index contributed by atoms with van der Waals surface area (Å²) in [6, 6.07) is 5.13. The fourth-order valence-corrected chi connectivity index (χ4v) is 3.40. The average molecular weight is 388 g/mol. The quantitative estimate of drug-likeness (QED) is 0.755. The minimum absolute atomic E-state index is 0.157. The number of hydrogen-bond acceptors (Lipinski definition) is 5. The number of rotatable bonds is 4. The van der Waals surface area contributed by atoms with E-state index in [9.17, 15) is 19.2 Å². The summed E-state index contributed by atoms with van der Waals surface area (Å²) in [6.45, 7) is 5.46. The molecule has 0 saturated carbocycles. The van der Waals surface area contributed by atoms with Crippen LogP contribution >= 0.6 is 0 Å². The largest absolute Gasteiger partial charge is 0.460 e. The van der Waals surface area contributed by atoms with Gasteiger partial charge >= 0.3 is 17.7 Å². The van der Waals surface area contributed by atoms with E-state index in [1.165, 1.54) is 4.57 Å². The van der Waals surface area contributed by atoms with Crippen molar-refractivity contribution in [3.8, 4) is 0 Å². The molecule has 1 fully saturated rings. The lowest BCUT2D eigenvalue weighted by atomic mass is 9.86. The van der Waals surface area contributed by atoms with Crippen LogP contribution in [0.25, 0.3) is 11.0 Å². The summed E-state index contributed by atoms with van der Waals surface area (Å²) in [7, 11) is 0. The zero-order chi connectivity index (χ0) is 20.6. The number of primary amides is 1. The third kappa shape index (κ3) is 3.64. The first kappa shape index (κ1) is 19.7. The Morgan fingerprint density at radius 3 is 2.43 bits per heavy atom. The Morgan fingerprint density at radius 2 is 1.89 bits per heavy atom. The van der Waals surface area contributed by atoms with Crippen molar-refractivity contribution in [3.63, 3.8) is 0 Å². The molecular formula is C19H24N4O5. The molecule has 2 heterocycles. The lowest BCUT2D eigenvalue weighted by Gasteiger charge is -2.28. The molecule has 150 valence electrons. The number of esters is 1. The number of para-hydroxylation sites is 2. The predicted molar refractivity (Wildman–Crippen MR) is 102 cm³/mol. The minimum Gasteiger partial charge on any atom is -0.460 e. The molecule has 28 heavy (non-hydrogen) atoms. The molecule has 1 aliphatic heterocycles. The molecule has 3 rings (SSSR count). The molecule has 0 spiro atoms. The minimum atomic E-state index is -0.954. The number of imidazole rings is 1. The summed E-state index contributed by atoms with van der Waals surface area (Å²) in [6.07, 6.45) is 0.412. The lowest BCUT2D eigenvalue weighted by molar-refractivity contribution is -0.141. The van der Waals surface area contributed by atoms with Gasteiger partial charge in [0.1, 0.15) is 12.1 Å². The highest BCUT2D eigenvalue weighted by Gasteiger charge is 2.33. The van der Waals surface area contributed by atoms with Gasteiger partial charge in [-0.25, -0.2) is 14.2 Å². The highest BCUT2D eigenvalue weighted by atomic mass is 16.5. The number of benzene rings is 1. The van der Waals surface area contributed by atoms with Gasteiger partial charge in [0, 0.05) is 6.42 Å². The van der Waals surface area contributed by atoms with Gasteiger partial charge in [0.05, 0.1) is 17.6 Å². The number of amides is 2. The molecule has 0 aliphatic carbocycles. The van der Waals surface area contributed by atoms with Gasteiger partial charge in [-0.3, -0.25) is 14.2 Å². The van der Waals surface area contributed by atoms with Gasteiger partial charge in [-0.15, -0.1) is 0 Å². The van der Waals surface area contributed by atoms with Crippen molar-refractivity contribution in [2.45, 2.75) is 52.3 Å². The zero-order valence-electron chi connectivity index (χ0n) is 16.1. The van der Waals surface area contributed by atoms with Crippen LogP contribution in [0.4, 0.5) is 4.79 Å². The predicted octanol–water partition coefficient (Wildman–Crippen LogP) is 0.966. The number of aromatic nitrogens is 2. The molecule has 1 aromatic heterocycles. The number of carbonyl (C=O) groups is 3. The Balaban J connectivity index is 2.00. The van der Waals surface area contributed by atoms with Gasteiger partial charge in [-0.1, -0.05) is 32.9 Å². The molecule has 1 aliphatic rings. The van der Waals surface area contributed by atoms with Gasteiger partial charge in [-0.05, 0) is 24.0 Å². The highest BCUT2D eigenvalue weighted by Crippen LogP contribution is 2.21. The Kier molecular flexibility index (Phi) is 5.01. The Hall–Kier alpha value is -3.10. The first-order valence-electron chi connectivity index (χ1n) is 9.09. The maximum absolute atomic E-state index is 13.0. The van der Waals surface area contributed by atoms with E-state index in [2.05, 4.69) is 5.32 Å². The molecule has 2 atom stereocenters. The van der Waals surface area contributed by atoms with Gasteiger partial charge in [0.25, 0.3) is 0 Å². The second-order valence-corrected chi connectivity index (χ2v) is 8.02. The summed E-state index contributed by atoms with van der Waals surface area (Å²) < 4.78 is 7.60. The fourth-order valence-electron chi connectivity index (χ4n) is 3.40. The van der Waals surface area contributed by atoms with Crippen molar-refractivity contribution < 1.29 is 19.1 Å². The van der Waals surface area contributed by atoms with Crippen molar-refractivity contribution in [2.24, 2.45) is 11.1 Å². The third-order valence-corrected chi connectivity index (χ3v) is 4.81. The molecular weight excluding hydrogens is 364 g/mol. The lowest BCUT2D eigenvalue weighted by Crippen LogP contribution is -2.54. The number of hydrogen-bond donors (Lipinski definition) is 2. The second kappa shape index (κ2) is 7.14. The molecule has 1 aromatic carbocycles. The zero-order valence-corrected chi connectivity index (χ0v) is 16.1. The molecule has 3 N–H and O–H groups in total. The number of cyclic esters (lactones) is 1. The van der Waals surface area contributed by atoms with Crippen molar-refractivity contribution in [1.29, 1.82) is 0 Å². The summed E-state index contributed by atoms with van der Waals surface area (Å²) >= 11 is 0. The number of nitrogens with zero attached hydrogens (tertiary/aromatic N) is 2. The summed E-state index contributed by atoms with van der Waals surface area (Å²) in [5, 5.41) is 2.57. The normalized spacial score (nSPS) is 18.1. The van der Waals surface area contributed by atoms with E-state index in [1.54, 1.807) is 45.0 Å². The van der Waals surface area contributed by atoms with Gasteiger partial charge < -0.3 is 15.8 Å². The Labute approximate surface area is 161 Å². The van der Waals surface area contributed by atoms with E-state index in [1.807, 2.05) is 0 Å². The molecule has 9 nitrogen and oxygen atoms in total. The molecule has 0 bridgehead atoms. The van der Waals surface area contributed by atoms with Crippen LogP contribution in [-0.2, 0) is 20.9 Å². The number of fused-ring (bicyclic) bond motifs is 1. The van der Waals surface area contributed by atoms with Crippen LogP contribution in [-0.4, -0.2) is 39.2 Å². The van der Waals surface area contributed by atoms with E-state index in [0.29, 0.717) is 23.9 Å². The smallest absolute Gasteiger partial charge is 0.337 e. The number of nitrogens with two attached hydrogens (primary N) is 1. The van der Waals surface area contributed by atoms with E-state index >= 15 is 0 Å². The van der Waals surface area contributed by atoms with Crippen molar-refractivity contribution >= 4 is 28.9 Å². The first-order chi connectivity index (χ1) is 13.1. The topological polar surface area (TPSA) is 125 Å². The second-order valence-electron chi connectivity index (χ2n) is 8.02. The molecule has 2 amide bonds. The molecule has 0 radical (unpaired) electrons. The summed E-state index contributed by atoms with van der Waals surface area (Å²) in [4.78, 5) is 49.1. The average Bonchev–Trinajstić information content (AvgIpc) is 3.13. The SMILES string of the molecule is CC(C)(C)[C@H](NC(=O)n1c(=O)n(C[C@H]2CCC(=O)O2)c2ccccc21)C(N)=O. The summed E-state index contributed by atoms with van der Waals surface area (Å²) in [5.41, 5.74) is 5.17. The van der Waals surface area contributed by atoms with E-state index in [4.69, 9.17) is 10.5 Å². The molecule has 9 heteroatoms. The number of ether oxygens (including phenoxy) is 1. The van der Waals surface area contributed by atoms with E-state index in [-0.39, 0.29) is 12.5 Å². The van der Waals surface area contributed by atoms with Crippen LogP contribution < -0.4 is 16.7 Å². The van der Waals surface area contributed by atoms with Gasteiger partial charge in [0.15, 0.2) is 0 Å². The monoisotopic (exact) mass is 388 g/mol. The highest BCUT2D eigenvalue weighted by molar-refractivity contribution is 5.92. The van der Waals surface area contributed by atoms with Crippen LogP contribution in [0.5, 0.6) is 0 Å². The standard InChI is InChI=1S/C19H24N4O5/c1-19(2,3)15(16(20)25)21-17(26)23-13-7-5-4-6-12(13)22(18(23)27)10-11-8-9-14(24)28-11/h4-7,11,15H,8-10H2,1-3H3,(H2,20,25)(H,21,26)/t11-,15-/m1/s1. The van der Waals surface area contributed by atoms with E-state index in [0.717, 1.165) is 4.57 Å². The van der Waals surface area contributed by atoms with Crippen LogP contribution in [0, 0.1) is 5.41 Å². The summed E-state index contributed by atoms with van der Waals surface area (Å²) in [5.74, 6) is -0.982. The first-order valence-corrected chi connectivity index (χ1v) is 9.09. The van der Waals surface area contributed by atoms with Crippen LogP contribution in [0.15, 0.2) is 29.1 Å². The molecule has 0 unspecified atom stereocenters. The fraction of sp³-hybridized carbons (Fsp3) is 0.474. The van der Waals surface area contributed by atoms with E-state index < -0.39 is 35.2 Å². The maximum atomic E-state index is 13.0. The number of carbonyl (C=O) groups excluding carboxylic acids is 3. The van der Waals surface area contributed by atoms with Gasteiger partial charge in [0.2, 0.25) is 5.91 Å². The van der Waals surface area contributed by atoms with Crippen LogP contribution in [0.1, 0.15) is 33.6 Å². The van der Waals surface area contributed by atoms with Crippen molar-refractivity contribution in [1.82, 2.24) is 14.5 Å². The Bertz CT molecular complexity index is 998. The van der Waals surface area contributed by atoms with Crippen molar-refractivity contribution in [2.75, 3.05) is 0 Å². The Morgan fingerprint density at radius 1 is 1.25 bits per heavy atom. The van der Waals surface area contributed by atoms with Crippen LogP contribution in [0.3, 0.4) is 0 Å². The third-order valence-electron chi connectivity index (χ3n) is 4.81. The molecule has 1 saturated heterocycles. The number of nitrogens with one attached hydrogen (secondary N) is 1.